The van der Waals surface area contributed by atoms with Crippen molar-refractivity contribution in [3.63, 3.8) is 0 Å². The van der Waals surface area contributed by atoms with Gasteiger partial charge in [-0.25, -0.2) is 4.98 Å². The number of benzene rings is 4. The molecule has 2 aliphatic rings. The molecule has 0 amide bonds. The maximum Gasteiger partial charge on any atom is 0.242 e. The third kappa shape index (κ3) is 2.45. The zero-order chi connectivity index (χ0) is 21.4. The number of fused-ring (bicyclic) bond motifs is 5. The second-order valence-electron chi connectivity index (χ2n) is 9.43. The van der Waals surface area contributed by atoms with Crippen LogP contribution in [0.2, 0.25) is 0 Å². The molecule has 0 saturated carbocycles. The molecule has 0 unspecified atom stereocenters. The molecule has 7 rings (SSSR count). The summed E-state index contributed by atoms with van der Waals surface area (Å²) in [6.07, 6.45) is 3.97. The number of hydrogen-bond acceptors (Lipinski definition) is 1. The van der Waals surface area contributed by atoms with Crippen LogP contribution in [0.5, 0.6) is 0 Å². The Morgan fingerprint density at radius 1 is 0.750 bits per heavy atom. The van der Waals surface area contributed by atoms with Gasteiger partial charge in [0, 0.05) is 0 Å². The van der Waals surface area contributed by atoms with Crippen LogP contribution in [0.3, 0.4) is 0 Å². The molecular weight excluding hydrogens is 387 g/mol. The molecule has 32 heavy (non-hydrogen) atoms. The van der Waals surface area contributed by atoms with Crippen molar-refractivity contribution < 1.29 is 0 Å². The van der Waals surface area contributed by atoms with E-state index < -0.39 is 0 Å². The van der Waals surface area contributed by atoms with Crippen molar-refractivity contribution in [3.8, 4) is 5.69 Å². The van der Waals surface area contributed by atoms with Gasteiger partial charge in [0.25, 0.3) is 0 Å². The van der Waals surface area contributed by atoms with Gasteiger partial charge < -0.3 is 0 Å². The van der Waals surface area contributed by atoms with E-state index in [9.17, 15) is 0 Å². The molecule has 0 aliphatic carbocycles. The maximum absolute atomic E-state index is 4.69. The van der Waals surface area contributed by atoms with Crippen LogP contribution < -0.4 is 16.4 Å². The Labute approximate surface area is 188 Å². The van der Waals surface area contributed by atoms with Crippen molar-refractivity contribution in [2.75, 3.05) is 0 Å². The number of aryl methyl sites for hydroxylation is 2. The van der Waals surface area contributed by atoms with Gasteiger partial charge in [-0.1, -0.05) is 82.1 Å². The number of para-hydroxylation sites is 2. The van der Waals surface area contributed by atoms with Gasteiger partial charge >= 0.3 is 0 Å². The maximum atomic E-state index is 4.69. The summed E-state index contributed by atoms with van der Waals surface area (Å²) >= 11 is 0. The van der Waals surface area contributed by atoms with E-state index in [0.717, 1.165) is 18.4 Å². The van der Waals surface area contributed by atoms with Gasteiger partial charge in [-0.2, -0.15) is 0 Å². The first-order valence-corrected chi connectivity index (χ1v) is 11.4. The van der Waals surface area contributed by atoms with E-state index in [-0.39, 0.29) is 0 Å². The minimum atomic E-state index is 0.307. The first-order chi connectivity index (χ1) is 15.7. The number of rotatable bonds is 1. The second-order valence-corrected chi connectivity index (χ2v) is 9.43. The van der Waals surface area contributed by atoms with Gasteiger partial charge in [-0.15, -0.1) is 0 Å². The lowest BCUT2D eigenvalue weighted by Crippen LogP contribution is -2.61. The first-order valence-electron chi connectivity index (χ1n) is 11.4. The smallest absolute Gasteiger partial charge is 0.242 e. The summed E-state index contributed by atoms with van der Waals surface area (Å²) in [7, 11) is 0. The summed E-state index contributed by atoms with van der Waals surface area (Å²) in [4.78, 5) is 4.69. The Kier molecular flexibility index (Phi) is 3.64. The Morgan fingerprint density at radius 3 is 2.22 bits per heavy atom. The highest BCUT2D eigenvalue weighted by atomic mass is 15.0. The molecule has 3 heteroatoms. The summed E-state index contributed by atoms with van der Waals surface area (Å²) in [6, 6.07) is 27.2. The van der Waals surface area contributed by atoms with Crippen molar-refractivity contribution in [2.24, 2.45) is 0 Å². The summed E-state index contributed by atoms with van der Waals surface area (Å²) in [5, 5.41) is 0. The van der Waals surface area contributed by atoms with Crippen molar-refractivity contribution >= 4 is 34.1 Å². The molecule has 4 aromatic carbocycles. The summed E-state index contributed by atoms with van der Waals surface area (Å²) in [6.45, 7) is 4.73. The molecular formula is C29H23BN2. The van der Waals surface area contributed by atoms with Crippen LogP contribution in [0, 0.1) is 13.8 Å². The highest BCUT2D eigenvalue weighted by Gasteiger charge is 2.38. The van der Waals surface area contributed by atoms with Crippen LogP contribution in [-0.2, 0) is 12.8 Å². The predicted molar refractivity (Wildman–Crippen MR) is 134 cm³/mol. The van der Waals surface area contributed by atoms with Gasteiger partial charge in [0.05, 0.1) is 16.7 Å². The molecule has 2 aliphatic heterocycles. The number of hydrogen-bond donors (Lipinski definition) is 0. The number of imidazole rings is 1. The van der Waals surface area contributed by atoms with Crippen LogP contribution in [-0.4, -0.2) is 16.3 Å². The molecule has 5 aromatic rings. The predicted octanol–water partition coefficient (Wildman–Crippen LogP) is 3.97. The second kappa shape index (κ2) is 6.46. The fraction of sp³-hybridized carbons (Fsp3) is 0.138. The third-order valence-corrected chi connectivity index (χ3v) is 7.40. The van der Waals surface area contributed by atoms with Gasteiger partial charge in [0.2, 0.25) is 6.71 Å². The van der Waals surface area contributed by atoms with Crippen molar-refractivity contribution in [3.05, 3.63) is 113 Å². The fourth-order valence-corrected chi connectivity index (χ4v) is 5.94. The van der Waals surface area contributed by atoms with Crippen LogP contribution in [0.15, 0.2) is 79.1 Å². The fourth-order valence-electron chi connectivity index (χ4n) is 5.94. The van der Waals surface area contributed by atoms with Gasteiger partial charge in [0.15, 0.2) is 0 Å². The van der Waals surface area contributed by atoms with E-state index in [1.54, 1.807) is 0 Å². The van der Waals surface area contributed by atoms with Crippen molar-refractivity contribution in [1.29, 1.82) is 0 Å². The highest BCUT2D eigenvalue weighted by Crippen LogP contribution is 2.29. The van der Waals surface area contributed by atoms with Crippen LogP contribution >= 0.6 is 0 Å². The lowest BCUT2D eigenvalue weighted by Gasteiger charge is -2.35. The summed E-state index contributed by atoms with van der Waals surface area (Å²) in [5.74, 6) is 0. The van der Waals surface area contributed by atoms with Crippen molar-refractivity contribution in [1.82, 2.24) is 9.55 Å². The third-order valence-electron chi connectivity index (χ3n) is 7.40. The highest BCUT2D eigenvalue weighted by molar-refractivity contribution is 6.97. The lowest BCUT2D eigenvalue weighted by atomic mass is 9.30. The Bertz CT molecular complexity index is 1550. The van der Waals surface area contributed by atoms with Gasteiger partial charge in [-0.3, -0.25) is 4.57 Å². The average Bonchev–Trinajstić information content (AvgIpc) is 3.23. The largest absolute Gasteiger partial charge is 0.299 e. The minimum Gasteiger partial charge on any atom is -0.299 e. The molecule has 3 heterocycles. The summed E-state index contributed by atoms with van der Waals surface area (Å²) < 4.78 is 2.28. The zero-order valence-corrected chi connectivity index (χ0v) is 18.4. The van der Waals surface area contributed by atoms with E-state index >= 15 is 0 Å². The van der Waals surface area contributed by atoms with Crippen LogP contribution in [0.1, 0.15) is 33.4 Å². The lowest BCUT2D eigenvalue weighted by molar-refractivity contribution is 1.04. The average molecular weight is 410 g/mol. The normalized spacial score (nSPS) is 13.6. The topological polar surface area (TPSA) is 17.8 Å². The summed E-state index contributed by atoms with van der Waals surface area (Å²) in [5.41, 5.74) is 16.5. The molecule has 2 nitrogen and oxygen atoms in total. The molecule has 152 valence electrons. The quantitative estimate of drug-likeness (QED) is 0.375. The Hall–Kier alpha value is -3.59. The van der Waals surface area contributed by atoms with E-state index in [1.807, 2.05) is 6.33 Å². The molecule has 0 fully saturated rings. The number of nitrogens with zero attached hydrogens (tertiary/aromatic N) is 2. The van der Waals surface area contributed by atoms with E-state index in [4.69, 9.17) is 0 Å². The van der Waals surface area contributed by atoms with E-state index in [2.05, 4.69) is 96.2 Å². The van der Waals surface area contributed by atoms with E-state index in [1.165, 1.54) is 61.0 Å². The van der Waals surface area contributed by atoms with Crippen LogP contribution in [0.25, 0.3) is 16.7 Å². The molecule has 1 aromatic heterocycles. The zero-order valence-electron chi connectivity index (χ0n) is 18.4. The number of aromatic nitrogens is 2. The SMILES string of the molecule is Cc1ccc2c(c1)B1c3cc(C)ccc3Cc3c(-n4cnc5ccccc54)ccc(c31)C2. The monoisotopic (exact) mass is 410 g/mol. The molecule has 0 atom stereocenters. The Morgan fingerprint density at radius 2 is 1.44 bits per heavy atom. The molecule has 0 spiro atoms. The molecule has 0 radical (unpaired) electrons. The van der Waals surface area contributed by atoms with E-state index in [0.29, 0.717) is 6.71 Å². The molecule has 0 saturated heterocycles. The minimum absolute atomic E-state index is 0.307. The van der Waals surface area contributed by atoms with Crippen molar-refractivity contribution in [2.45, 2.75) is 26.7 Å². The standard InChI is InChI=1S/C29H23BN2/c1-18-7-9-20-15-22-11-12-27(32-17-31-26-5-3-4-6-28(26)32)23-16-21-10-8-19(2)14-25(21)30(29(22)23)24(20)13-18/h3-14,17H,15-16H2,1-2H3. The van der Waals surface area contributed by atoms with Gasteiger partial charge in [-0.05, 0) is 67.1 Å². The van der Waals surface area contributed by atoms with Gasteiger partial charge in [0.1, 0.15) is 6.33 Å². The van der Waals surface area contributed by atoms with Crippen LogP contribution in [0.4, 0.5) is 0 Å². The first kappa shape index (κ1) is 18.0. The Balaban J connectivity index is 1.55. The molecule has 0 N–H and O–H groups in total. The molecule has 0 bridgehead atoms.